The molecule has 4 heteroatoms. The van der Waals surface area contributed by atoms with Crippen molar-refractivity contribution in [2.45, 2.75) is 6.92 Å². The van der Waals surface area contributed by atoms with Crippen molar-refractivity contribution in [1.82, 2.24) is 4.98 Å². The number of rotatable bonds is 4. The maximum absolute atomic E-state index is 12.2. The van der Waals surface area contributed by atoms with Crippen molar-refractivity contribution in [3.8, 4) is 5.75 Å². The van der Waals surface area contributed by atoms with Crippen molar-refractivity contribution in [2.75, 3.05) is 11.4 Å². The molecule has 1 aromatic heterocycles. The maximum Gasteiger partial charge on any atom is 0.250 e. The van der Waals surface area contributed by atoms with Crippen molar-refractivity contribution in [3.05, 3.63) is 60.4 Å². The van der Waals surface area contributed by atoms with Gasteiger partial charge >= 0.3 is 0 Å². The highest BCUT2D eigenvalue weighted by molar-refractivity contribution is 6.03. The molecule has 1 aromatic carbocycles. The molecule has 1 N–H and O–H groups in total. The number of amides is 1. The molecule has 4 nitrogen and oxygen atoms in total. The maximum atomic E-state index is 12.2. The fourth-order valence-electron chi connectivity index (χ4n) is 1.87. The molecule has 0 bridgehead atoms. The van der Waals surface area contributed by atoms with Gasteiger partial charge in [0.2, 0.25) is 0 Å². The minimum absolute atomic E-state index is 0.0787. The van der Waals surface area contributed by atoms with Gasteiger partial charge in [-0.1, -0.05) is 18.2 Å². The molecule has 2 rings (SSSR count). The highest BCUT2D eigenvalue weighted by Crippen LogP contribution is 2.14. The van der Waals surface area contributed by atoms with E-state index in [-0.39, 0.29) is 11.7 Å². The van der Waals surface area contributed by atoms with Crippen LogP contribution in [0.4, 0.5) is 5.69 Å². The molecular weight excluding hydrogens is 252 g/mol. The SMILES string of the molecule is CCN(C(=O)C=Cc1cncc(O)c1)c1ccccc1. The first-order valence-corrected chi connectivity index (χ1v) is 6.39. The van der Waals surface area contributed by atoms with Gasteiger partial charge in [-0.15, -0.1) is 0 Å². The summed E-state index contributed by atoms with van der Waals surface area (Å²) in [5.41, 5.74) is 1.54. The van der Waals surface area contributed by atoms with Crippen LogP contribution >= 0.6 is 0 Å². The second kappa shape index (κ2) is 6.52. The van der Waals surface area contributed by atoms with Gasteiger partial charge in [-0.25, -0.2) is 0 Å². The molecule has 1 heterocycles. The Labute approximate surface area is 118 Å². The van der Waals surface area contributed by atoms with Gasteiger partial charge in [0, 0.05) is 24.5 Å². The molecule has 0 atom stereocenters. The lowest BCUT2D eigenvalue weighted by molar-refractivity contribution is -0.114. The Morgan fingerprint density at radius 1 is 1.30 bits per heavy atom. The summed E-state index contributed by atoms with van der Waals surface area (Å²) in [5.74, 6) is -0.0305. The lowest BCUT2D eigenvalue weighted by atomic mass is 10.2. The Hall–Kier alpha value is -2.62. The number of aromatic nitrogens is 1. The molecule has 102 valence electrons. The highest BCUT2D eigenvalue weighted by Gasteiger charge is 2.09. The fourth-order valence-corrected chi connectivity index (χ4v) is 1.87. The Morgan fingerprint density at radius 3 is 2.70 bits per heavy atom. The highest BCUT2D eigenvalue weighted by atomic mass is 16.3. The quantitative estimate of drug-likeness (QED) is 0.867. The van der Waals surface area contributed by atoms with Gasteiger partial charge in [0.25, 0.3) is 5.91 Å². The van der Waals surface area contributed by atoms with Crippen LogP contribution in [0.5, 0.6) is 5.75 Å². The number of nitrogens with zero attached hydrogens (tertiary/aromatic N) is 2. The van der Waals surface area contributed by atoms with E-state index in [1.54, 1.807) is 23.2 Å². The Balaban J connectivity index is 2.14. The lowest BCUT2D eigenvalue weighted by Crippen LogP contribution is -2.28. The molecule has 0 radical (unpaired) electrons. The minimum Gasteiger partial charge on any atom is -0.506 e. The molecule has 2 aromatic rings. The Morgan fingerprint density at radius 2 is 2.05 bits per heavy atom. The van der Waals surface area contributed by atoms with Crippen LogP contribution in [-0.2, 0) is 4.79 Å². The zero-order chi connectivity index (χ0) is 14.4. The first-order valence-electron chi connectivity index (χ1n) is 6.39. The van der Waals surface area contributed by atoms with Crippen molar-refractivity contribution < 1.29 is 9.90 Å². The number of likely N-dealkylation sites (N-methyl/N-ethyl adjacent to an activating group) is 1. The number of carbonyl (C=O) groups excluding carboxylic acids is 1. The number of carbonyl (C=O) groups is 1. The van der Waals surface area contributed by atoms with Gasteiger partial charge in [-0.2, -0.15) is 0 Å². The minimum atomic E-state index is -0.109. The van der Waals surface area contributed by atoms with Crippen molar-refractivity contribution in [1.29, 1.82) is 0 Å². The standard InChI is InChI=1S/C16H16N2O2/c1-2-18(14-6-4-3-5-7-14)16(20)9-8-13-10-15(19)12-17-11-13/h3-12,19H,2H2,1H3. The van der Waals surface area contributed by atoms with Gasteiger partial charge in [0.15, 0.2) is 0 Å². The molecular formula is C16H16N2O2. The van der Waals surface area contributed by atoms with E-state index in [9.17, 15) is 9.90 Å². The second-order valence-electron chi connectivity index (χ2n) is 4.23. The molecule has 0 unspecified atom stereocenters. The Kier molecular flexibility index (Phi) is 4.50. The van der Waals surface area contributed by atoms with Crippen LogP contribution in [0.25, 0.3) is 6.08 Å². The Bertz CT molecular complexity index is 609. The predicted molar refractivity (Wildman–Crippen MR) is 79.4 cm³/mol. The van der Waals surface area contributed by atoms with Crippen LogP contribution in [0, 0.1) is 0 Å². The summed E-state index contributed by atoms with van der Waals surface area (Å²) in [4.78, 5) is 17.7. The summed E-state index contributed by atoms with van der Waals surface area (Å²) in [6, 6.07) is 11.0. The van der Waals surface area contributed by atoms with E-state index in [1.165, 1.54) is 12.3 Å². The molecule has 0 aliphatic rings. The zero-order valence-electron chi connectivity index (χ0n) is 11.2. The topological polar surface area (TPSA) is 53.4 Å². The smallest absolute Gasteiger partial charge is 0.250 e. The van der Waals surface area contributed by atoms with E-state index in [2.05, 4.69) is 4.98 Å². The van der Waals surface area contributed by atoms with E-state index < -0.39 is 0 Å². The third-order valence-corrected chi connectivity index (χ3v) is 2.81. The van der Waals surface area contributed by atoms with Crippen LogP contribution in [0.1, 0.15) is 12.5 Å². The molecule has 20 heavy (non-hydrogen) atoms. The molecule has 0 saturated heterocycles. The summed E-state index contributed by atoms with van der Waals surface area (Å²) >= 11 is 0. The van der Waals surface area contributed by atoms with Crippen LogP contribution in [0.3, 0.4) is 0 Å². The van der Waals surface area contributed by atoms with Crippen LogP contribution in [-0.4, -0.2) is 22.5 Å². The van der Waals surface area contributed by atoms with Gasteiger partial charge < -0.3 is 10.0 Å². The van der Waals surface area contributed by atoms with Gasteiger partial charge in [-0.3, -0.25) is 9.78 Å². The molecule has 1 amide bonds. The van der Waals surface area contributed by atoms with E-state index in [1.807, 2.05) is 37.3 Å². The second-order valence-corrected chi connectivity index (χ2v) is 4.23. The number of anilines is 1. The number of hydrogen-bond acceptors (Lipinski definition) is 3. The first-order chi connectivity index (χ1) is 9.70. The van der Waals surface area contributed by atoms with E-state index in [4.69, 9.17) is 0 Å². The summed E-state index contributed by atoms with van der Waals surface area (Å²) in [7, 11) is 0. The summed E-state index contributed by atoms with van der Waals surface area (Å²) < 4.78 is 0. The molecule has 0 aliphatic heterocycles. The summed E-state index contributed by atoms with van der Waals surface area (Å²) in [5, 5.41) is 9.32. The first kappa shape index (κ1) is 13.8. The normalized spacial score (nSPS) is 10.7. The monoisotopic (exact) mass is 268 g/mol. The summed E-state index contributed by atoms with van der Waals surface area (Å²) in [6.07, 6.45) is 6.05. The molecule has 0 aliphatic carbocycles. The van der Waals surface area contributed by atoms with E-state index >= 15 is 0 Å². The van der Waals surface area contributed by atoms with Crippen LogP contribution < -0.4 is 4.90 Å². The number of pyridine rings is 1. The fraction of sp³-hybridized carbons (Fsp3) is 0.125. The van der Waals surface area contributed by atoms with Crippen LogP contribution in [0.15, 0.2) is 54.9 Å². The number of para-hydroxylation sites is 1. The average Bonchev–Trinajstić information content (AvgIpc) is 2.47. The number of hydrogen-bond donors (Lipinski definition) is 1. The third-order valence-electron chi connectivity index (χ3n) is 2.81. The van der Waals surface area contributed by atoms with Gasteiger partial charge in [0.1, 0.15) is 5.75 Å². The largest absolute Gasteiger partial charge is 0.506 e. The van der Waals surface area contributed by atoms with Gasteiger partial charge in [0.05, 0.1) is 6.20 Å². The third kappa shape index (κ3) is 3.45. The van der Waals surface area contributed by atoms with E-state index in [0.717, 1.165) is 5.69 Å². The van der Waals surface area contributed by atoms with Gasteiger partial charge in [-0.05, 0) is 36.8 Å². The number of benzene rings is 1. The van der Waals surface area contributed by atoms with Crippen molar-refractivity contribution in [2.24, 2.45) is 0 Å². The van der Waals surface area contributed by atoms with Crippen molar-refractivity contribution in [3.63, 3.8) is 0 Å². The van der Waals surface area contributed by atoms with Crippen molar-refractivity contribution >= 4 is 17.7 Å². The molecule has 0 fully saturated rings. The molecule has 0 spiro atoms. The lowest BCUT2D eigenvalue weighted by Gasteiger charge is -2.19. The van der Waals surface area contributed by atoms with E-state index in [0.29, 0.717) is 12.1 Å². The summed E-state index contributed by atoms with van der Waals surface area (Å²) in [6.45, 7) is 2.51. The predicted octanol–water partition coefficient (Wildman–Crippen LogP) is 2.85. The molecule has 0 saturated carbocycles. The zero-order valence-corrected chi connectivity index (χ0v) is 11.2. The average molecular weight is 268 g/mol. The van der Waals surface area contributed by atoms with Crippen LogP contribution in [0.2, 0.25) is 0 Å². The number of aromatic hydroxyl groups is 1.